The first-order valence-corrected chi connectivity index (χ1v) is 8.45. The van der Waals surface area contributed by atoms with E-state index in [1.165, 1.54) is 0 Å². The molecular formula is C16H11Cl2N5O4. The Bertz CT molecular complexity index is 1090. The highest BCUT2D eigenvalue weighted by molar-refractivity contribution is 6.34. The highest BCUT2D eigenvalue weighted by Gasteiger charge is 2.19. The number of amides is 1. The Morgan fingerprint density at radius 1 is 1.11 bits per heavy atom. The summed E-state index contributed by atoms with van der Waals surface area (Å²) in [6.07, 6.45) is 0. The first-order valence-electron chi connectivity index (χ1n) is 7.69. The summed E-state index contributed by atoms with van der Waals surface area (Å²) in [6.45, 7) is -0.266. The van der Waals surface area contributed by atoms with Gasteiger partial charge < -0.3 is 14.8 Å². The molecule has 1 aliphatic rings. The summed E-state index contributed by atoms with van der Waals surface area (Å²) in [4.78, 5) is 24.7. The number of rotatable bonds is 4. The van der Waals surface area contributed by atoms with Crippen molar-refractivity contribution in [3.05, 3.63) is 56.9 Å². The number of carbonyl (C=O) groups excluding carboxylic acids is 1. The standard InChI is InChI=1S/C16H11Cl2N5O4/c17-9-3-1-2-4-12(9)23-16(25)22(20-21-23)7-15(24)19-11-6-14-13(5-10(11)18)26-8-27-14/h1-6H,7-8H2,(H,19,24). The average Bonchev–Trinajstić information content (AvgIpc) is 3.23. The minimum atomic E-state index is -0.602. The van der Waals surface area contributed by atoms with Crippen LogP contribution in [0.3, 0.4) is 0 Å². The maximum atomic E-state index is 12.4. The molecule has 4 rings (SSSR count). The van der Waals surface area contributed by atoms with Crippen LogP contribution < -0.4 is 20.5 Å². The van der Waals surface area contributed by atoms with Crippen molar-refractivity contribution in [1.82, 2.24) is 19.8 Å². The molecule has 1 aliphatic heterocycles. The van der Waals surface area contributed by atoms with Crippen molar-refractivity contribution in [1.29, 1.82) is 0 Å². The lowest BCUT2D eigenvalue weighted by Gasteiger charge is -2.08. The maximum absolute atomic E-state index is 12.4. The number of hydrogen-bond donors (Lipinski definition) is 1. The van der Waals surface area contributed by atoms with Gasteiger partial charge in [-0.15, -0.1) is 0 Å². The van der Waals surface area contributed by atoms with Crippen molar-refractivity contribution in [3.8, 4) is 17.2 Å². The van der Waals surface area contributed by atoms with E-state index in [1.807, 2.05) is 0 Å². The Labute approximate surface area is 162 Å². The van der Waals surface area contributed by atoms with Crippen LogP contribution in [0.5, 0.6) is 11.5 Å². The number of ether oxygens (including phenoxy) is 2. The van der Waals surface area contributed by atoms with Crippen LogP contribution in [-0.2, 0) is 11.3 Å². The average molecular weight is 408 g/mol. The van der Waals surface area contributed by atoms with E-state index in [-0.39, 0.29) is 18.4 Å². The van der Waals surface area contributed by atoms with Crippen molar-refractivity contribution >= 4 is 34.8 Å². The van der Waals surface area contributed by atoms with Gasteiger partial charge in [-0.1, -0.05) is 35.3 Å². The summed E-state index contributed by atoms with van der Waals surface area (Å²) in [5, 5.41) is 10.7. The third-order valence-corrected chi connectivity index (χ3v) is 4.38. The van der Waals surface area contributed by atoms with Gasteiger partial charge in [-0.25, -0.2) is 4.79 Å². The fourth-order valence-electron chi connectivity index (χ4n) is 2.49. The van der Waals surface area contributed by atoms with E-state index in [9.17, 15) is 9.59 Å². The summed E-state index contributed by atoms with van der Waals surface area (Å²) in [5.74, 6) is 0.456. The van der Waals surface area contributed by atoms with Gasteiger partial charge in [0.2, 0.25) is 12.7 Å². The van der Waals surface area contributed by atoms with E-state index in [2.05, 4.69) is 15.7 Å². The molecule has 1 amide bonds. The minimum Gasteiger partial charge on any atom is -0.454 e. The highest BCUT2D eigenvalue weighted by Crippen LogP contribution is 2.39. The van der Waals surface area contributed by atoms with Gasteiger partial charge >= 0.3 is 5.69 Å². The second-order valence-electron chi connectivity index (χ2n) is 5.52. The van der Waals surface area contributed by atoms with Gasteiger partial charge in [0.05, 0.1) is 21.4 Å². The molecule has 2 aromatic carbocycles. The van der Waals surface area contributed by atoms with Crippen LogP contribution in [0.4, 0.5) is 5.69 Å². The molecule has 9 nitrogen and oxygen atoms in total. The zero-order valence-electron chi connectivity index (χ0n) is 13.6. The molecule has 3 aromatic rings. The van der Waals surface area contributed by atoms with E-state index in [1.54, 1.807) is 36.4 Å². The molecule has 0 unspecified atom stereocenters. The Hall–Kier alpha value is -3.04. The number of aromatic nitrogens is 4. The number of para-hydroxylation sites is 1. The van der Waals surface area contributed by atoms with Crippen LogP contribution in [0.15, 0.2) is 41.2 Å². The predicted molar refractivity (Wildman–Crippen MR) is 96.8 cm³/mol. The third-order valence-electron chi connectivity index (χ3n) is 3.75. The zero-order valence-corrected chi connectivity index (χ0v) is 15.1. The van der Waals surface area contributed by atoms with Gasteiger partial charge in [0, 0.05) is 12.1 Å². The molecule has 0 radical (unpaired) electrons. The number of carbonyl (C=O) groups is 1. The van der Waals surface area contributed by atoms with Crippen LogP contribution in [0.1, 0.15) is 0 Å². The van der Waals surface area contributed by atoms with Gasteiger partial charge in [0.25, 0.3) is 0 Å². The molecule has 2 heterocycles. The number of anilines is 1. The number of nitrogens with zero attached hydrogens (tertiary/aromatic N) is 4. The normalized spacial score (nSPS) is 12.2. The van der Waals surface area contributed by atoms with E-state index in [0.29, 0.717) is 27.9 Å². The van der Waals surface area contributed by atoms with Crippen molar-refractivity contribution in [2.24, 2.45) is 0 Å². The summed E-state index contributed by atoms with van der Waals surface area (Å²) < 4.78 is 12.4. The first kappa shape index (κ1) is 17.4. The van der Waals surface area contributed by atoms with Crippen LogP contribution >= 0.6 is 23.2 Å². The van der Waals surface area contributed by atoms with E-state index in [0.717, 1.165) is 9.36 Å². The van der Waals surface area contributed by atoms with Gasteiger partial charge in [-0.3, -0.25) is 4.79 Å². The van der Waals surface area contributed by atoms with E-state index < -0.39 is 11.6 Å². The summed E-state index contributed by atoms with van der Waals surface area (Å²) in [7, 11) is 0. The van der Waals surface area contributed by atoms with Gasteiger partial charge in [0.15, 0.2) is 11.5 Å². The molecule has 11 heteroatoms. The van der Waals surface area contributed by atoms with Crippen LogP contribution in [0.2, 0.25) is 10.0 Å². The third kappa shape index (κ3) is 3.34. The molecule has 1 N–H and O–H groups in total. The van der Waals surface area contributed by atoms with Crippen molar-refractivity contribution in [2.45, 2.75) is 6.54 Å². The number of hydrogen-bond acceptors (Lipinski definition) is 6. The Morgan fingerprint density at radius 2 is 1.85 bits per heavy atom. The van der Waals surface area contributed by atoms with Crippen molar-refractivity contribution in [3.63, 3.8) is 0 Å². The Balaban J connectivity index is 1.53. The number of fused-ring (bicyclic) bond motifs is 1. The first-order chi connectivity index (χ1) is 13.0. The molecule has 0 atom stereocenters. The summed E-state index contributed by atoms with van der Waals surface area (Å²) in [5.41, 5.74) is 0.0992. The molecule has 138 valence electrons. The van der Waals surface area contributed by atoms with Gasteiger partial charge in [-0.2, -0.15) is 9.36 Å². The molecule has 1 aromatic heterocycles. The Kier molecular flexibility index (Phi) is 4.46. The predicted octanol–water partition coefficient (Wildman–Crippen LogP) is 2.10. The second-order valence-corrected chi connectivity index (χ2v) is 6.33. The summed E-state index contributed by atoms with van der Waals surface area (Å²) >= 11 is 12.2. The Morgan fingerprint density at radius 3 is 2.63 bits per heavy atom. The lowest BCUT2D eigenvalue weighted by Crippen LogP contribution is -2.29. The molecule has 27 heavy (non-hydrogen) atoms. The molecule has 0 bridgehead atoms. The maximum Gasteiger partial charge on any atom is 0.369 e. The topological polar surface area (TPSA) is 100 Å². The fourth-order valence-corrected chi connectivity index (χ4v) is 2.90. The monoisotopic (exact) mass is 407 g/mol. The lowest BCUT2D eigenvalue weighted by atomic mass is 10.2. The smallest absolute Gasteiger partial charge is 0.369 e. The second kappa shape index (κ2) is 6.93. The van der Waals surface area contributed by atoms with Crippen LogP contribution in [-0.4, -0.2) is 32.5 Å². The molecular weight excluding hydrogens is 397 g/mol. The summed E-state index contributed by atoms with van der Waals surface area (Å²) in [6, 6.07) is 9.77. The van der Waals surface area contributed by atoms with Crippen LogP contribution in [0.25, 0.3) is 5.69 Å². The number of halogens is 2. The molecule has 0 fully saturated rings. The van der Waals surface area contributed by atoms with Crippen LogP contribution in [0, 0.1) is 0 Å². The minimum absolute atomic E-state index is 0.0869. The largest absolute Gasteiger partial charge is 0.454 e. The number of benzene rings is 2. The molecule has 0 saturated heterocycles. The number of tetrazole rings is 1. The van der Waals surface area contributed by atoms with E-state index in [4.69, 9.17) is 32.7 Å². The number of nitrogens with one attached hydrogen (secondary N) is 1. The molecule has 0 aliphatic carbocycles. The van der Waals surface area contributed by atoms with Crippen molar-refractivity contribution in [2.75, 3.05) is 12.1 Å². The van der Waals surface area contributed by atoms with E-state index >= 15 is 0 Å². The SMILES string of the molecule is O=C(Cn1nnn(-c2ccccc2Cl)c1=O)Nc1cc2c(cc1Cl)OCO2. The lowest BCUT2D eigenvalue weighted by molar-refractivity contribution is -0.117. The zero-order chi connectivity index (χ0) is 19.0. The highest BCUT2D eigenvalue weighted by atomic mass is 35.5. The van der Waals surface area contributed by atoms with Gasteiger partial charge in [0.1, 0.15) is 6.54 Å². The van der Waals surface area contributed by atoms with Crippen molar-refractivity contribution < 1.29 is 14.3 Å². The fraction of sp³-hybridized carbons (Fsp3) is 0.125. The molecule has 0 saturated carbocycles. The molecule has 0 spiro atoms. The quantitative estimate of drug-likeness (QED) is 0.710. The van der Waals surface area contributed by atoms with Gasteiger partial charge in [-0.05, 0) is 22.6 Å².